The minimum Gasteiger partial charge on any atom is -0.475 e. The summed E-state index contributed by atoms with van der Waals surface area (Å²) in [6.45, 7) is 0. The second kappa shape index (κ2) is 4.19. The van der Waals surface area contributed by atoms with Gasteiger partial charge in [-0.1, -0.05) is 23.7 Å². The molecule has 0 fully saturated rings. The maximum atomic E-state index is 13.1. The van der Waals surface area contributed by atoms with E-state index in [4.69, 9.17) is 16.7 Å². The molecule has 1 unspecified atom stereocenters. The standard InChI is InChI=1S/C9H6ClFO3/c10-6-3-1-5(2-4-6)7(11)8(12)9(13)14/h1-4,7H,(H,13,14). The Kier molecular flexibility index (Phi) is 3.19. The van der Waals surface area contributed by atoms with E-state index in [0.717, 1.165) is 0 Å². The molecular weight excluding hydrogens is 211 g/mol. The van der Waals surface area contributed by atoms with Crippen LogP contribution in [0.4, 0.5) is 4.39 Å². The van der Waals surface area contributed by atoms with E-state index in [1.807, 2.05) is 0 Å². The van der Waals surface area contributed by atoms with Crippen molar-refractivity contribution in [1.82, 2.24) is 0 Å². The highest BCUT2D eigenvalue weighted by molar-refractivity contribution is 6.34. The monoisotopic (exact) mass is 216 g/mol. The van der Waals surface area contributed by atoms with Gasteiger partial charge in [0.15, 0.2) is 6.17 Å². The predicted octanol–water partition coefficient (Wildman–Crippen LogP) is 2.00. The van der Waals surface area contributed by atoms with Crippen molar-refractivity contribution in [1.29, 1.82) is 0 Å². The summed E-state index contributed by atoms with van der Waals surface area (Å²) >= 11 is 5.53. The molecule has 1 N–H and O–H groups in total. The van der Waals surface area contributed by atoms with Crippen LogP contribution in [0.5, 0.6) is 0 Å². The molecule has 3 nitrogen and oxygen atoms in total. The van der Waals surface area contributed by atoms with Gasteiger partial charge >= 0.3 is 5.97 Å². The molecule has 5 heteroatoms. The molecule has 0 amide bonds. The van der Waals surface area contributed by atoms with Gasteiger partial charge in [-0.3, -0.25) is 4.79 Å². The molecule has 0 saturated heterocycles. The fraction of sp³-hybridized carbons (Fsp3) is 0.111. The summed E-state index contributed by atoms with van der Waals surface area (Å²) in [5.74, 6) is -3.26. The zero-order chi connectivity index (χ0) is 10.7. The average molecular weight is 217 g/mol. The highest BCUT2D eigenvalue weighted by atomic mass is 35.5. The Morgan fingerprint density at radius 3 is 2.21 bits per heavy atom. The Morgan fingerprint density at radius 2 is 1.79 bits per heavy atom. The third kappa shape index (κ3) is 2.29. The molecule has 0 bridgehead atoms. The summed E-state index contributed by atoms with van der Waals surface area (Å²) in [6.07, 6.45) is -2.13. The first-order valence-electron chi connectivity index (χ1n) is 3.69. The molecule has 1 rings (SSSR count). The Bertz CT molecular complexity index is 361. The summed E-state index contributed by atoms with van der Waals surface area (Å²) in [6, 6.07) is 5.32. The van der Waals surface area contributed by atoms with Crippen LogP contribution in [-0.4, -0.2) is 16.9 Å². The second-order valence-corrected chi connectivity index (χ2v) is 3.02. The van der Waals surface area contributed by atoms with Crippen molar-refractivity contribution >= 4 is 23.4 Å². The minimum atomic E-state index is -2.13. The zero-order valence-corrected chi connectivity index (χ0v) is 7.66. The molecule has 1 aromatic rings. The maximum absolute atomic E-state index is 13.1. The van der Waals surface area contributed by atoms with Crippen molar-refractivity contribution in [2.75, 3.05) is 0 Å². The molecule has 14 heavy (non-hydrogen) atoms. The van der Waals surface area contributed by atoms with E-state index < -0.39 is 17.9 Å². The first-order valence-corrected chi connectivity index (χ1v) is 4.07. The second-order valence-electron chi connectivity index (χ2n) is 2.58. The van der Waals surface area contributed by atoms with Gasteiger partial charge < -0.3 is 5.11 Å². The smallest absolute Gasteiger partial charge is 0.375 e. The first-order chi connectivity index (χ1) is 6.52. The zero-order valence-electron chi connectivity index (χ0n) is 6.91. The topological polar surface area (TPSA) is 54.4 Å². The molecule has 1 aromatic carbocycles. The van der Waals surface area contributed by atoms with Crippen molar-refractivity contribution in [2.24, 2.45) is 0 Å². The molecule has 0 heterocycles. The van der Waals surface area contributed by atoms with Crippen LogP contribution in [0.25, 0.3) is 0 Å². The number of hydrogen-bond donors (Lipinski definition) is 1. The van der Waals surface area contributed by atoms with Gasteiger partial charge in [-0.2, -0.15) is 0 Å². The number of carboxylic acid groups (broad SMARTS) is 1. The molecule has 0 aliphatic heterocycles. The normalized spacial score (nSPS) is 12.1. The van der Waals surface area contributed by atoms with Gasteiger partial charge in [0.1, 0.15) is 0 Å². The van der Waals surface area contributed by atoms with Crippen LogP contribution in [0.3, 0.4) is 0 Å². The molecule has 0 aromatic heterocycles. The van der Waals surface area contributed by atoms with Crippen LogP contribution in [0.15, 0.2) is 24.3 Å². The van der Waals surface area contributed by atoms with E-state index in [9.17, 15) is 14.0 Å². The highest BCUT2D eigenvalue weighted by Gasteiger charge is 2.25. The lowest BCUT2D eigenvalue weighted by molar-refractivity contribution is -0.151. The quantitative estimate of drug-likeness (QED) is 0.787. The fourth-order valence-electron chi connectivity index (χ4n) is 0.892. The van der Waals surface area contributed by atoms with Gasteiger partial charge in [0.05, 0.1) is 0 Å². The number of rotatable bonds is 3. The Balaban J connectivity index is 2.89. The molecule has 0 aliphatic carbocycles. The van der Waals surface area contributed by atoms with Gasteiger partial charge in [-0.15, -0.1) is 0 Å². The number of benzene rings is 1. The van der Waals surface area contributed by atoms with E-state index in [1.54, 1.807) is 0 Å². The number of carbonyl (C=O) groups excluding carboxylic acids is 1. The van der Waals surface area contributed by atoms with E-state index in [0.29, 0.717) is 5.02 Å². The number of hydrogen-bond acceptors (Lipinski definition) is 2. The third-order valence-electron chi connectivity index (χ3n) is 1.60. The van der Waals surface area contributed by atoms with Crippen molar-refractivity contribution in [3.8, 4) is 0 Å². The number of Topliss-reactive ketones (excluding diaryl/α,β-unsaturated/α-hetero) is 1. The largest absolute Gasteiger partial charge is 0.475 e. The lowest BCUT2D eigenvalue weighted by atomic mass is 10.1. The number of carbonyl (C=O) groups is 2. The van der Waals surface area contributed by atoms with Crippen molar-refractivity contribution < 1.29 is 19.1 Å². The molecule has 1 atom stereocenters. The summed E-state index contributed by atoms with van der Waals surface area (Å²) < 4.78 is 13.1. The van der Waals surface area contributed by atoms with Gasteiger partial charge in [-0.05, 0) is 17.7 Å². The summed E-state index contributed by atoms with van der Waals surface area (Å²) in [5, 5.41) is 8.65. The van der Waals surface area contributed by atoms with Crippen molar-refractivity contribution in [3.05, 3.63) is 34.9 Å². The van der Waals surface area contributed by atoms with E-state index in [2.05, 4.69) is 0 Å². The van der Waals surface area contributed by atoms with Crippen LogP contribution >= 0.6 is 11.6 Å². The van der Waals surface area contributed by atoms with Crippen LogP contribution in [0.2, 0.25) is 5.02 Å². The first kappa shape index (κ1) is 10.7. The number of ketones is 1. The number of carboxylic acids is 1. The van der Waals surface area contributed by atoms with E-state index in [-0.39, 0.29) is 5.56 Å². The number of alkyl halides is 1. The van der Waals surface area contributed by atoms with Crippen LogP contribution in [0, 0.1) is 0 Å². The SMILES string of the molecule is O=C(O)C(=O)C(F)c1ccc(Cl)cc1. The molecular formula is C9H6ClFO3. The highest BCUT2D eigenvalue weighted by Crippen LogP contribution is 2.20. The Morgan fingerprint density at radius 1 is 1.29 bits per heavy atom. The molecule has 74 valence electrons. The third-order valence-corrected chi connectivity index (χ3v) is 1.86. The maximum Gasteiger partial charge on any atom is 0.375 e. The minimum absolute atomic E-state index is 0.0122. The fourth-order valence-corrected chi connectivity index (χ4v) is 1.02. The van der Waals surface area contributed by atoms with E-state index >= 15 is 0 Å². The Labute approximate surface area is 84.1 Å². The van der Waals surface area contributed by atoms with Crippen LogP contribution in [-0.2, 0) is 9.59 Å². The van der Waals surface area contributed by atoms with E-state index in [1.165, 1.54) is 24.3 Å². The summed E-state index contributed by atoms with van der Waals surface area (Å²) in [7, 11) is 0. The molecule has 0 aliphatic rings. The number of aliphatic carboxylic acids is 1. The molecule has 0 spiro atoms. The van der Waals surface area contributed by atoms with Gasteiger partial charge in [-0.25, -0.2) is 9.18 Å². The summed E-state index contributed by atoms with van der Waals surface area (Å²) in [5.41, 5.74) is -0.0122. The lowest BCUT2D eigenvalue weighted by Crippen LogP contribution is -2.18. The molecule has 0 radical (unpaired) electrons. The van der Waals surface area contributed by atoms with Crippen molar-refractivity contribution in [3.63, 3.8) is 0 Å². The average Bonchev–Trinajstić information content (AvgIpc) is 2.16. The van der Waals surface area contributed by atoms with Crippen LogP contribution < -0.4 is 0 Å². The van der Waals surface area contributed by atoms with Gasteiger partial charge in [0, 0.05) is 5.02 Å². The predicted molar refractivity (Wildman–Crippen MR) is 47.9 cm³/mol. The van der Waals surface area contributed by atoms with Crippen LogP contribution in [0.1, 0.15) is 11.7 Å². The van der Waals surface area contributed by atoms with Crippen molar-refractivity contribution in [2.45, 2.75) is 6.17 Å². The Hall–Kier alpha value is -1.42. The molecule has 0 saturated carbocycles. The number of halogens is 2. The summed E-state index contributed by atoms with van der Waals surface area (Å²) in [4.78, 5) is 20.9. The lowest BCUT2D eigenvalue weighted by Gasteiger charge is -2.03. The van der Waals surface area contributed by atoms with Gasteiger partial charge in [0.25, 0.3) is 5.78 Å². The van der Waals surface area contributed by atoms with Gasteiger partial charge in [0.2, 0.25) is 0 Å².